The predicted molar refractivity (Wildman–Crippen MR) is 141 cm³/mol. The molecule has 0 unspecified atom stereocenters. The van der Waals surface area contributed by atoms with Gasteiger partial charge in [0.25, 0.3) is 11.8 Å². The van der Waals surface area contributed by atoms with E-state index in [9.17, 15) is 9.59 Å². The number of hydrogen-bond donors (Lipinski definition) is 1. The molecule has 0 saturated carbocycles. The summed E-state index contributed by atoms with van der Waals surface area (Å²) in [6, 6.07) is 28.3. The number of furan rings is 1. The molecule has 35 heavy (non-hydrogen) atoms. The van der Waals surface area contributed by atoms with Crippen LogP contribution in [0.15, 0.2) is 99.9 Å². The molecule has 1 aliphatic rings. The molecule has 6 nitrogen and oxygen atoms in total. The van der Waals surface area contributed by atoms with Gasteiger partial charge in [-0.05, 0) is 48.5 Å². The van der Waals surface area contributed by atoms with E-state index < -0.39 is 0 Å². The van der Waals surface area contributed by atoms with E-state index in [1.807, 2.05) is 83.8 Å². The first-order valence-corrected chi connectivity index (χ1v) is 12.2. The van der Waals surface area contributed by atoms with Crippen LogP contribution in [-0.2, 0) is 0 Å². The van der Waals surface area contributed by atoms with E-state index in [-0.39, 0.29) is 17.6 Å². The maximum absolute atomic E-state index is 13.0. The topological polar surface area (TPSA) is 65.8 Å². The first kappa shape index (κ1) is 22.9. The summed E-state index contributed by atoms with van der Waals surface area (Å²) in [5, 5.41) is 3.00. The van der Waals surface area contributed by atoms with Crippen LogP contribution in [0.5, 0.6) is 0 Å². The maximum Gasteiger partial charge on any atom is 0.291 e. The van der Waals surface area contributed by atoms with Crippen molar-refractivity contribution in [2.75, 3.05) is 36.4 Å². The summed E-state index contributed by atoms with van der Waals surface area (Å²) in [5.41, 5.74) is 3.24. The SMILES string of the molecule is O=C(Nc1ccccc1N1CCN(C(=O)c2ccccc2)CC1)c1ccc(-c2ccc(Br)cc2)o1. The van der Waals surface area contributed by atoms with Gasteiger partial charge in [-0.2, -0.15) is 0 Å². The Bertz CT molecular complexity index is 1330. The number of nitrogens with one attached hydrogen (secondary N) is 1. The highest BCUT2D eigenvalue weighted by molar-refractivity contribution is 9.10. The molecule has 5 rings (SSSR count). The molecule has 0 spiro atoms. The third-order valence-corrected chi connectivity index (χ3v) is 6.57. The summed E-state index contributed by atoms with van der Waals surface area (Å²) < 4.78 is 6.81. The fourth-order valence-corrected chi connectivity index (χ4v) is 4.45. The lowest BCUT2D eigenvalue weighted by Crippen LogP contribution is -2.49. The summed E-state index contributed by atoms with van der Waals surface area (Å²) in [6.45, 7) is 2.59. The number of para-hydroxylation sites is 2. The molecule has 1 aromatic heterocycles. The van der Waals surface area contributed by atoms with Crippen molar-refractivity contribution in [1.82, 2.24) is 4.90 Å². The van der Waals surface area contributed by atoms with Gasteiger partial charge in [0.05, 0.1) is 11.4 Å². The van der Waals surface area contributed by atoms with Crippen LogP contribution in [0.3, 0.4) is 0 Å². The number of anilines is 2. The van der Waals surface area contributed by atoms with Gasteiger partial charge in [0, 0.05) is 41.8 Å². The van der Waals surface area contributed by atoms with Crippen molar-refractivity contribution < 1.29 is 14.0 Å². The van der Waals surface area contributed by atoms with Gasteiger partial charge >= 0.3 is 0 Å². The van der Waals surface area contributed by atoms with Crippen LogP contribution in [-0.4, -0.2) is 42.9 Å². The van der Waals surface area contributed by atoms with Crippen LogP contribution < -0.4 is 10.2 Å². The first-order valence-electron chi connectivity index (χ1n) is 11.4. The van der Waals surface area contributed by atoms with Crippen LogP contribution in [0.4, 0.5) is 11.4 Å². The van der Waals surface area contributed by atoms with Crippen molar-refractivity contribution in [3.63, 3.8) is 0 Å². The standard InChI is InChI=1S/C28H24BrN3O3/c29-22-12-10-20(11-13-22)25-14-15-26(35-25)27(33)30-23-8-4-5-9-24(23)31-16-18-32(19-17-31)28(34)21-6-2-1-3-7-21/h1-15H,16-19H2,(H,30,33). The van der Waals surface area contributed by atoms with E-state index in [1.54, 1.807) is 12.1 Å². The Kier molecular flexibility index (Phi) is 6.68. The minimum absolute atomic E-state index is 0.0474. The van der Waals surface area contributed by atoms with Crippen LogP contribution in [0.25, 0.3) is 11.3 Å². The maximum atomic E-state index is 13.0. The molecule has 2 amide bonds. The third kappa shape index (κ3) is 5.15. The second-order valence-electron chi connectivity index (χ2n) is 8.29. The van der Waals surface area contributed by atoms with Crippen LogP contribution in [0.2, 0.25) is 0 Å². The van der Waals surface area contributed by atoms with E-state index >= 15 is 0 Å². The quantitative estimate of drug-likeness (QED) is 0.348. The Balaban J connectivity index is 1.26. The summed E-state index contributed by atoms with van der Waals surface area (Å²) in [4.78, 5) is 29.8. The molecule has 0 bridgehead atoms. The number of hydrogen-bond acceptors (Lipinski definition) is 4. The van der Waals surface area contributed by atoms with Gasteiger partial charge in [-0.15, -0.1) is 0 Å². The monoisotopic (exact) mass is 529 g/mol. The Morgan fingerprint density at radius 2 is 1.46 bits per heavy atom. The van der Waals surface area contributed by atoms with Gasteiger partial charge in [0.1, 0.15) is 5.76 Å². The van der Waals surface area contributed by atoms with Crippen molar-refractivity contribution in [2.45, 2.75) is 0 Å². The highest BCUT2D eigenvalue weighted by atomic mass is 79.9. The van der Waals surface area contributed by atoms with Gasteiger partial charge < -0.3 is 19.5 Å². The molecular weight excluding hydrogens is 506 g/mol. The number of halogens is 1. The lowest BCUT2D eigenvalue weighted by atomic mass is 10.1. The van der Waals surface area contributed by atoms with Gasteiger partial charge in [0.15, 0.2) is 5.76 Å². The number of amides is 2. The zero-order valence-electron chi connectivity index (χ0n) is 19.0. The lowest BCUT2D eigenvalue weighted by Gasteiger charge is -2.37. The molecule has 2 heterocycles. The largest absolute Gasteiger partial charge is 0.451 e. The fourth-order valence-electron chi connectivity index (χ4n) is 4.18. The zero-order chi connectivity index (χ0) is 24.2. The van der Waals surface area contributed by atoms with Gasteiger partial charge in [-0.1, -0.05) is 58.4 Å². The van der Waals surface area contributed by atoms with Crippen molar-refractivity contribution >= 4 is 39.1 Å². The molecule has 3 aromatic carbocycles. The number of benzene rings is 3. The molecule has 1 saturated heterocycles. The number of nitrogens with zero attached hydrogens (tertiary/aromatic N) is 2. The zero-order valence-corrected chi connectivity index (χ0v) is 20.6. The van der Waals surface area contributed by atoms with Crippen LogP contribution in [0.1, 0.15) is 20.9 Å². The number of carbonyl (C=O) groups is 2. The molecule has 1 aliphatic heterocycles. The van der Waals surface area contributed by atoms with Crippen LogP contribution in [0, 0.1) is 0 Å². The lowest BCUT2D eigenvalue weighted by molar-refractivity contribution is 0.0746. The molecule has 0 aliphatic carbocycles. The molecular formula is C28H24BrN3O3. The Morgan fingerprint density at radius 1 is 0.771 bits per heavy atom. The summed E-state index contributed by atoms with van der Waals surface area (Å²) in [5.74, 6) is 0.621. The van der Waals surface area contributed by atoms with Crippen molar-refractivity contribution in [3.8, 4) is 11.3 Å². The van der Waals surface area contributed by atoms with Crippen molar-refractivity contribution in [3.05, 3.63) is 107 Å². The Morgan fingerprint density at radius 3 is 2.20 bits per heavy atom. The molecule has 0 atom stereocenters. The van der Waals surface area contributed by atoms with Gasteiger partial charge in [0.2, 0.25) is 0 Å². The van der Waals surface area contributed by atoms with E-state index in [4.69, 9.17) is 4.42 Å². The van der Waals surface area contributed by atoms with Gasteiger partial charge in [-0.3, -0.25) is 9.59 Å². The molecule has 7 heteroatoms. The molecule has 4 aromatic rings. The fraction of sp³-hybridized carbons (Fsp3) is 0.143. The van der Waals surface area contributed by atoms with E-state index in [0.29, 0.717) is 43.2 Å². The number of carbonyl (C=O) groups excluding carboxylic acids is 2. The Hall–Kier alpha value is -3.84. The molecule has 1 N–H and O–H groups in total. The number of rotatable bonds is 5. The average molecular weight is 530 g/mol. The summed E-state index contributed by atoms with van der Waals surface area (Å²) in [6.07, 6.45) is 0. The molecule has 1 fully saturated rings. The molecule has 176 valence electrons. The Labute approximate surface area is 212 Å². The van der Waals surface area contributed by atoms with E-state index in [1.165, 1.54) is 0 Å². The van der Waals surface area contributed by atoms with Crippen molar-refractivity contribution in [1.29, 1.82) is 0 Å². The predicted octanol–water partition coefficient (Wildman–Crippen LogP) is 5.92. The second-order valence-corrected chi connectivity index (χ2v) is 9.20. The number of piperazine rings is 1. The smallest absolute Gasteiger partial charge is 0.291 e. The minimum atomic E-state index is -0.307. The summed E-state index contributed by atoms with van der Waals surface area (Å²) in [7, 11) is 0. The summed E-state index contributed by atoms with van der Waals surface area (Å²) >= 11 is 3.43. The van der Waals surface area contributed by atoms with Crippen LogP contribution >= 0.6 is 15.9 Å². The minimum Gasteiger partial charge on any atom is -0.451 e. The van der Waals surface area contributed by atoms with Gasteiger partial charge in [-0.25, -0.2) is 0 Å². The first-order chi connectivity index (χ1) is 17.1. The average Bonchev–Trinajstić information content (AvgIpc) is 3.40. The van der Waals surface area contributed by atoms with Crippen molar-refractivity contribution in [2.24, 2.45) is 0 Å². The third-order valence-electron chi connectivity index (χ3n) is 6.04. The molecule has 0 radical (unpaired) electrons. The highest BCUT2D eigenvalue weighted by Crippen LogP contribution is 2.29. The normalized spacial score (nSPS) is 13.5. The highest BCUT2D eigenvalue weighted by Gasteiger charge is 2.24. The second kappa shape index (κ2) is 10.2. The van der Waals surface area contributed by atoms with E-state index in [2.05, 4.69) is 26.1 Å². The van der Waals surface area contributed by atoms with E-state index in [0.717, 1.165) is 15.7 Å².